The lowest BCUT2D eigenvalue weighted by atomic mass is 9.84. The Morgan fingerprint density at radius 1 is 1.33 bits per heavy atom. The molecule has 1 aliphatic carbocycles. The van der Waals surface area contributed by atoms with Crippen molar-refractivity contribution in [2.45, 2.75) is 57.6 Å². The summed E-state index contributed by atoms with van der Waals surface area (Å²) in [6.45, 7) is 5.21. The monoisotopic (exact) mass is 210 g/mol. The molecule has 86 valence electrons. The second kappa shape index (κ2) is 5.48. The summed E-state index contributed by atoms with van der Waals surface area (Å²) in [5.74, 6) is 0. The Kier molecular flexibility index (Phi) is 4.56. The maximum atomic E-state index is 10.4. The Morgan fingerprint density at radius 3 is 2.40 bits per heavy atom. The lowest BCUT2D eigenvalue weighted by Crippen LogP contribution is -2.47. The van der Waals surface area contributed by atoms with Crippen molar-refractivity contribution < 1.29 is 5.11 Å². The molecule has 0 unspecified atom stereocenters. The van der Waals surface area contributed by atoms with Gasteiger partial charge in [0, 0.05) is 12.6 Å². The van der Waals surface area contributed by atoms with Gasteiger partial charge in [-0.15, -0.1) is 0 Å². The standard InChI is InChI=1S/C12H22N2O/c1-11(2)14(9-8-13)10-12(15)6-4-3-5-7-12/h11,15H,3-7,9-10H2,1-2H3. The van der Waals surface area contributed by atoms with E-state index in [4.69, 9.17) is 5.26 Å². The minimum atomic E-state index is -0.542. The molecule has 1 aliphatic rings. The van der Waals surface area contributed by atoms with Gasteiger partial charge in [0.25, 0.3) is 0 Å². The predicted octanol–water partition coefficient (Wildman–Crippen LogP) is 1.92. The summed E-state index contributed by atoms with van der Waals surface area (Å²) < 4.78 is 0. The molecular formula is C12H22N2O. The second-order valence-corrected chi connectivity index (χ2v) is 4.94. The van der Waals surface area contributed by atoms with Crippen molar-refractivity contribution in [3.63, 3.8) is 0 Å². The van der Waals surface area contributed by atoms with Gasteiger partial charge in [-0.1, -0.05) is 19.3 Å². The van der Waals surface area contributed by atoms with Crippen LogP contribution in [-0.4, -0.2) is 34.7 Å². The van der Waals surface area contributed by atoms with E-state index in [9.17, 15) is 5.11 Å². The van der Waals surface area contributed by atoms with Gasteiger partial charge in [0.05, 0.1) is 18.2 Å². The van der Waals surface area contributed by atoms with Crippen molar-refractivity contribution in [3.8, 4) is 6.07 Å². The van der Waals surface area contributed by atoms with Gasteiger partial charge in [-0.05, 0) is 26.7 Å². The molecule has 0 spiro atoms. The molecule has 15 heavy (non-hydrogen) atoms. The highest BCUT2D eigenvalue weighted by molar-refractivity contribution is 4.89. The van der Waals surface area contributed by atoms with E-state index in [1.165, 1.54) is 6.42 Å². The fourth-order valence-electron chi connectivity index (χ4n) is 2.26. The van der Waals surface area contributed by atoms with Gasteiger partial charge >= 0.3 is 0 Å². The van der Waals surface area contributed by atoms with Crippen LogP contribution >= 0.6 is 0 Å². The third-order valence-electron chi connectivity index (χ3n) is 3.29. The SMILES string of the molecule is CC(C)N(CC#N)CC1(O)CCCCC1. The van der Waals surface area contributed by atoms with E-state index in [2.05, 4.69) is 24.8 Å². The molecular weight excluding hydrogens is 188 g/mol. The Hall–Kier alpha value is -0.590. The van der Waals surface area contributed by atoms with Crippen molar-refractivity contribution in [3.05, 3.63) is 0 Å². The normalized spacial score (nSPS) is 20.5. The average Bonchev–Trinajstić information content (AvgIpc) is 2.18. The summed E-state index contributed by atoms with van der Waals surface area (Å²) in [4.78, 5) is 2.06. The molecule has 0 aromatic carbocycles. The van der Waals surface area contributed by atoms with E-state index in [1.54, 1.807) is 0 Å². The van der Waals surface area contributed by atoms with Gasteiger partial charge in [0.2, 0.25) is 0 Å². The Morgan fingerprint density at radius 2 is 1.93 bits per heavy atom. The molecule has 0 radical (unpaired) electrons. The summed E-state index contributed by atoms with van der Waals surface area (Å²) in [5, 5.41) is 19.1. The summed E-state index contributed by atoms with van der Waals surface area (Å²) >= 11 is 0. The average molecular weight is 210 g/mol. The van der Waals surface area contributed by atoms with E-state index in [-0.39, 0.29) is 0 Å². The van der Waals surface area contributed by atoms with Crippen molar-refractivity contribution in [2.75, 3.05) is 13.1 Å². The third-order valence-corrected chi connectivity index (χ3v) is 3.29. The van der Waals surface area contributed by atoms with Crippen molar-refractivity contribution in [1.82, 2.24) is 4.90 Å². The van der Waals surface area contributed by atoms with E-state index in [0.29, 0.717) is 19.1 Å². The number of hydrogen-bond acceptors (Lipinski definition) is 3. The Bertz CT molecular complexity index is 226. The van der Waals surface area contributed by atoms with Gasteiger partial charge in [-0.25, -0.2) is 0 Å². The van der Waals surface area contributed by atoms with E-state index >= 15 is 0 Å². The molecule has 3 heteroatoms. The fraction of sp³-hybridized carbons (Fsp3) is 0.917. The van der Waals surface area contributed by atoms with Gasteiger partial charge in [0.15, 0.2) is 0 Å². The molecule has 0 heterocycles. The molecule has 0 saturated heterocycles. The first-order valence-electron chi connectivity index (χ1n) is 5.91. The van der Waals surface area contributed by atoms with Crippen LogP contribution in [0.5, 0.6) is 0 Å². The molecule has 1 fully saturated rings. The first-order chi connectivity index (χ1) is 7.07. The summed E-state index contributed by atoms with van der Waals surface area (Å²) in [7, 11) is 0. The maximum Gasteiger partial charge on any atom is 0.0869 e. The van der Waals surface area contributed by atoms with Gasteiger partial charge in [0.1, 0.15) is 0 Å². The summed E-state index contributed by atoms with van der Waals surface area (Å²) in [6.07, 6.45) is 5.26. The molecule has 1 rings (SSSR count). The largest absolute Gasteiger partial charge is 0.389 e. The van der Waals surface area contributed by atoms with Crippen molar-refractivity contribution in [2.24, 2.45) is 0 Å². The van der Waals surface area contributed by atoms with Crippen LogP contribution in [0.25, 0.3) is 0 Å². The van der Waals surface area contributed by atoms with Crippen LogP contribution < -0.4 is 0 Å². The van der Waals surface area contributed by atoms with Crippen LogP contribution in [0.3, 0.4) is 0 Å². The Balaban J connectivity index is 2.52. The van der Waals surface area contributed by atoms with Crippen molar-refractivity contribution in [1.29, 1.82) is 5.26 Å². The van der Waals surface area contributed by atoms with E-state index in [1.807, 2.05) is 0 Å². The highest BCUT2D eigenvalue weighted by Gasteiger charge is 2.31. The number of rotatable bonds is 4. The van der Waals surface area contributed by atoms with Gasteiger partial charge in [-0.2, -0.15) is 5.26 Å². The predicted molar refractivity (Wildman–Crippen MR) is 60.4 cm³/mol. The molecule has 1 N–H and O–H groups in total. The van der Waals surface area contributed by atoms with Crippen LogP contribution in [0.1, 0.15) is 46.0 Å². The van der Waals surface area contributed by atoms with Crippen LogP contribution in [0.4, 0.5) is 0 Å². The lowest BCUT2D eigenvalue weighted by molar-refractivity contribution is -0.0297. The molecule has 0 amide bonds. The minimum absolute atomic E-state index is 0.329. The molecule has 3 nitrogen and oxygen atoms in total. The zero-order chi connectivity index (χ0) is 11.3. The quantitative estimate of drug-likeness (QED) is 0.721. The zero-order valence-corrected chi connectivity index (χ0v) is 9.87. The van der Waals surface area contributed by atoms with Gasteiger partial charge in [-0.3, -0.25) is 4.90 Å². The zero-order valence-electron chi connectivity index (χ0n) is 9.87. The maximum absolute atomic E-state index is 10.4. The molecule has 0 aliphatic heterocycles. The molecule has 0 aromatic heterocycles. The van der Waals surface area contributed by atoms with Gasteiger partial charge < -0.3 is 5.11 Å². The van der Waals surface area contributed by atoms with Crippen molar-refractivity contribution >= 4 is 0 Å². The molecule has 0 aromatic rings. The van der Waals surface area contributed by atoms with Crippen LogP contribution in [0.2, 0.25) is 0 Å². The van der Waals surface area contributed by atoms with E-state index < -0.39 is 5.60 Å². The molecule has 0 atom stereocenters. The summed E-state index contributed by atoms with van der Waals surface area (Å²) in [5.41, 5.74) is -0.542. The highest BCUT2D eigenvalue weighted by Crippen LogP contribution is 2.29. The highest BCUT2D eigenvalue weighted by atomic mass is 16.3. The first-order valence-corrected chi connectivity index (χ1v) is 5.91. The third kappa shape index (κ3) is 3.81. The van der Waals surface area contributed by atoms with Crippen LogP contribution in [0.15, 0.2) is 0 Å². The summed E-state index contributed by atoms with van der Waals surface area (Å²) in [6, 6.07) is 2.50. The number of nitriles is 1. The van der Waals surface area contributed by atoms with Crippen LogP contribution in [-0.2, 0) is 0 Å². The number of nitrogens with zero attached hydrogens (tertiary/aromatic N) is 2. The van der Waals surface area contributed by atoms with E-state index in [0.717, 1.165) is 25.7 Å². The topological polar surface area (TPSA) is 47.3 Å². The fourth-order valence-corrected chi connectivity index (χ4v) is 2.26. The molecule has 1 saturated carbocycles. The first kappa shape index (κ1) is 12.5. The molecule has 0 bridgehead atoms. The lowest BCUT2D eigenvalue weighted by Gasteiger charge is -2.37. The Labute approximate surface area is 92.7 Å². The number of aliphatic hydroxyl groups is 1. The number of hydrogen-bond donors (Lipinski definition) is 1. The second-order valence-electron chi connectivity index (χ2n) is 4.94. The minimum Gasteiger partial charge on any atom is -0.389 e. The van der Waals surface area contributed by atoms with Crippen LogP contribution in [0, 0.1) is 11.3 Å². The smallest absolute Gasteiger partial charge is 0.0869 e.